The molecule has 1 saturated heterocycles. The predicted octanol–water partition coefficient (Wildman–Crippen LogP) is 1.52. The van der Waals surface area contributed by atoms with Crippen LogP contribution in [0.25, 0.3) is 5.32 Å². The number of hydrogen-bond donors (Lipinski definition) is 0. The van der Waals surface area contributed by atoms with Gasteiger partial charge >= 0.3 is 64.9 Å². The zero-order chi connectivity index (χ0) is 5.82. The Balaban J connectivity index is 0.000000640. The second-order valence-electron chi connectivity index (χ2n) is 1.69. The summed E-state index contributed by atoms with van der Waals surface area (Å²) in [5, 5.41) is 4.34. The van der Waals surface area contributed by atoms with Crippen LogP contribution >= 0.6 is 11.8 Å². The van der Waals surface area contributed by atoms with Gasteiger partial charge in [0.25, 0.3) is 0 Å². The van der Waals surface area contributed by atoms with Gasteiger partial charge in [-0.15, -0.1) is 0 Å². The van der Waals surface area contributed by atoms with Crippen LogP contribution in [-0.4, -0.2) is 15.7 Å². The Bertz CT molecular complexity index is 89.0. The monoisotopic (exact) mass is 536 g/mol. The fourth-order valence-corrected chi connectivity index (χ4v) is 2.39. The van der Waals surface area contributed by atoms with Gasteiger partial charge in [-0.2, -0.15) is 0 Å². The van der Waals surface area contributed by atoms with Crippen molar-refractivity contribution in [3.8, 4) is 0 Å². The van der Waals surface area contributed by atoms with Crippen molar-refractivity contribution in [3.63, 3.8) is 0 Å². The topological polar surface area (TPSA) is 14.1 Å². The zero-order valence-corrected chi connectivity index (χ0v) is 13.0. The number of nitrogens with zero attached hydrogens (tertiary/aromatic N) is 1. The van der Waals surface area contributed by atoms with Gasteiger partial charge in [-0.3, -0.25) is 0 Å². The maximum absolute atomic E-state index is 4.34. The van der Waals surface area contributed by atoms with Crippen LogP contribution in [-0.2, 0) is 19.4 Å². The van der Waals surface area contributed by atoms with E-state index in [1.165, 1.54) is 22.6 Å². The van der Waals surface area contributed by atoms with Crippen molar-refractivity contribution >= 4 is 15.8 Å². The fourth-order valence-electron chi connectivity index (χ4n) is 0.587. The molecular formula is C5H8NSUW-. The molecular weight excluding hydrogens is 528 g/mol. The van der Waals surface area contributed by atoms with E-state index in [-0.39, 0.29) is 31.1 Å². The standard InChI is InChI=1S/C5H8NS.U.W/c1-2-4-7-5-6-3-1;;/h1-2,4-5H2;;/q-1;;. The third-order valence-electron chi connectivity index (χ3n) is 1.01. The van der Waals surface area contributed by atoms with Gasteiger partial charge in [0, 0.05) is 31.1 Å². The predicted molar refractivity (Wildman–Crippen MR) is 34.9 cm³/mol. The molecule has 1 aliphatic heterocycles. The molecule has 0 N–H and O–H groups in total. The van der Waals surface area contributed by atoms with Crippen LogP contribution < -0.4 is 0 Å². The first-order valence-electron chi connectivity index (χ1n) is 2.67. The molecule has 0 spiro atoms. The summed E-state index contributed by atoms with van der Waals surface area (Å²) in [7, 11) is 0. The zero-order valence-electron chi connectivity index (χ0n) is 5.09. The van der Waals surface area contributed by atoms with E-state index in [1.807, 2.05) is 11.8 Å². The van der Waals surface area contributed by atoms with Gasteiger partial charge in [-0.25, -0.2) is 0 Å². The molecule has 0 aromatic carbocycles. The molecule has 1 aliphatic rings. The maximum atomic E-state index is 4.34. The number of hydrogen-bond acceptors (Lipinski definition) is 1. The summed E-state index contributed by atoms with van der Waals surface area (Å²) in [6.45, 7) is 0. The Morgan fingerprint density at radius 2 is 2.33 bits per heavy atom. The Labute approximate surface area is 94.9 Å². The van der Waals surface area contributed by atoms with Crippen LogP contribution in [0.3, 0.4) is 0 Å². The van der Waals surface area contributed by atoms with Crippen molar-refractivity contribution in [2.45, 2.75) is 12.8 Å². The summed E-state index contributed by atoms with van der Waals surface area (Å²) in [6, 6.07) is 0. The van der Waals surface area contributed by atoms with E-state index in [0.29, 0.717) is 0 Å². The Hall–Kier alpha value is 1.92. The van der Waals surface area contributed by atoms with E-state index in [4.69, 9.17) is 0 Å². The summed E-state index contributed by atoms with van der Waals surface area (Å²) in [5.74, 6) is 2.32. The minimum atomic E-state index is 0. The van der Waals surface area contributed by atoms with Crippen LogP contribution in [0.4, 0.5) is 0 Å². The van der Waals surface area contributed by atoms with Crippen LogP contribution in [0.5, 0.6) is 0 Å². The first-order valence-corrected chi connectivity index (χ1v) is 5.30. The van der Waals surface area contributed by atoms with E-state index in [1.54, 1.807) is 19.4 Å². The fraction of sp³-hybridized carbons (Fsp3) is 0.800. The molecule has 0 aliphatic carbocycles. The first-order chi connectivity index (χ1) is 3.89. The van der Waals surface area contributed by atoms with Crippen molar-refractivity contribution in [2.75, 3.05) is 11.6 Å². The van der Waals surface area contributed by atoms with E-state index < -0.39 is 0 Å². The molecule has 0 aromatic rings. The third-order valence-corrected chi connectivity index (χ3v) is 3.10. The van der Waals surface area contributed by atoms with Crippen molar-refractivity contribution in [1.82, 2.24) is 0 Å². The summed E-state index contributed by atoms with van der Waals surface area (Å²) in [5.41, 5.74) is 0. The second kappa shape index (κ2) is 6.62. The SMILES string of the molecule is [U].[W]=[C]1CCCSC[N-]1. The minimum absolute atomic E-state index is 0. The molecule has 1 heterocycles. The Morgan fingerprint density at radius 1 is 1.56 bits per heavy atom. The van der Waals surface area contributed by atoms with Crippen molar-refractivity contribution < 1.29 is 50.5 Å². The molecule has 4 heteroatoms. The van der Waals surface area contributed by atoms with E-state index in [2.05, 4.69) is 5.32 Å². The second-order valence-corrected chi connectivity index (χ2v) is 4.46. The van der Waals surface area contributed by atoms with E-state index in [0.717, 1.165) is 5.88 Å². The van der Waals surface area contributed by atoms with E-state index >= 15 is 0 Å². The van der Waals surface area contributed by atoms with Gasteiger partial charge in [0.2, 0.25) is 0 Å². The van der Waals surface area contributed by atoms with Gasteiger partial charge in [-0.05, 0) is 0 Å². The molecule has 9 heavy (non-hydrogen) atoms. The normalized spacial score (nSPS) is 20.2. The molecule has 0 saturated carbocycles. The Morgan fingerprint density at radius 3 is 3.11 bits per heavy atom. The van der Waals surface area contributed by atoms with Crippen LogP contribution in [0.1, 0.15) is 12.8 Å². The van der Waals surface area contributed by atoms with Gasteiger partial charge in [0.05, 0.1) is 0 Å². The van der Waals surface area contributed by atoms with Crippen LogP contribution in [0.15, 0.2) is 0 Å². The Kier molecular flexibility index (Phi) is 8.03. The molecule has 1 nitrogen and oxygen atoms in total. The number of thioether (sulfide) groups is 1. The van der Waals surface area contributed by atoms with Gasteiger partial charge in [0.15, 0.2) is 0 Å². The first kappa shape index (κ1) is 10.9. The van der Waals surface area contributed by atoms with Crippen molar-refractivity contribution in [1.29, 1.82) is 0 Å². The summed E-state index contributed by atoms with van der Waals surface area (Å²) >= 11 is 3.50. The van der Waals surface area contributed by atoms with Crippen LogP contribution in [0.2, 0.25) is 0 Å². The molecule has 0 atom stereocenters. The summed E-state index contributed by atoms with van der Waals surface area (Å²) < 4.78 is 1.41. The van der Waals surface area contributed by atoms with Gasteiger partial charge < -0.3 is 0 Å². The summed E-state index contributed by atoms with van der Waals surface area (Å²) in [4.78, 5) is 0. The van der Waals surface area contributed by atoms with E-state index in [9.17, 15) is 0 Å². The van der Waals surface area contributed by atoms with Crippen molar-refractivity contribution in [2.24, 2.45) is 0 Å². The average molecular weight is 536 g/mol. The molecule has 0 amide bonds. The average Bonchev–Trinajstić information content (AvgIpc) is 1.94. The molecule has 0 aromatic heterocycles. The number of rotatable bonds is 0. The molecule has 0 unspecified atom stereocenters. The van der Waals surface area contributed by atoms with Gasteiger partial charge in [0.1, 0.15) is 0 Å². The third kappa shape index (κ3) is 5.22. The van der Waals surface area contributed by atoms with Crippen LogP contribution in [0, 0.1) is 31.1 Å². The molecule has 0 radical (unpaired) electrons. The molecule has 1 rings (SSSR count). The van der Waals surface area contributed by atoms with Gasteiger partial charge in [-0.1, -0.05) is 0 Å². The summed E-state index contributed by atoms with van der Waals surface area (Å²) in [6.07, 6.45) is 2.59. The molecule has 1 fully saturated rings. The molecule has 50 valence electrons. The quantitative estimate of drug-likeness (QED) is 0.459. The molecule has 0 bridgehead atoms. The van der Waals surface area contributed by atoms with Crippen molar-refractivity contribution in [3.05, 3.63) is 5.32 Å².